The van der Waals surface area contributed by atoms with E-state index >= 15 is 0 Å². The van der Waals surface area contributed by atoms with E-state index in [4.69, 9.17) is 0 Å². The van der Waals surface area contributed by atoms with Gasteiger partial charge in [0, 0.05) is 17.4 Å². The van der Waals surface area contributed by atoms with Gasteiger partial charge in [-0.1, -0.05) is 30.3 Å². The molecule has 114 valence electrons. The normalized spacial score (nSPS) is 10.7. The number of fused-ring (bicyclic) bond motifs is 1. The first-order valence-electron chi connectivity index (χ1n) is 7.35. The topological polar surface area (TPSA) is 54.5 Å². The van der Waals surface area contributed by atoms with Crippen LogP contribution in [0.25, 0.3) is 28.0 Å². The Morgan fingerprint density at radius 3 is 2.42 bits per heavy atom. The second kappa shape index (κ2) is 5.60. The Morgan fingerprint density at radius 1 is 0.958 bits per heavy atom. The number of nitrogens with zero attached hydrogens (tertiary/aromatic N) is 4. The number of hydrogen-bond donors (Lipinski definition) is 0. The Labute approximate surface area is 137 Å². The van der Waals surface area contributed by atoms with Crippen molar-refractivity contribution in [2.24, 2.45) is 0 Å². The summed E-state index contributed by atoms with van der Waals surface area (Å²) in [6, 6.07) is 18.0. The smallest absolute Gasteiger partial charge is 0.123 e. The van der Waals surface area contributed by atoms with Gasteiger partial charge >= 0.3 is 0 Å². The summed E-state index contributed by atoms with van der Waals surface area (Å²) >= 11 is 0. The highest BCUT2D eigenvalue weighted by atomic mass is 19.1. The average molecular weight is 314 g/mol. The maximum absolute atomic E-state index is 13.2. The third-order valence-corrected chi connectivity index (χ3v) is 3.85. The SMILES string of the molecule is N#Cc1cn(-c2ccc(F)cc2)c2c(-c3ccccc3)ncnc12. The van der Waals surface area contributed by atoms with Gasteiger partial charge in [0.2, 0.25) is 0 Å². The van der Waals surface area contributed by atoms with E-state index in [-0.39, 0.29) is 5.82 Å². The molecule has 2 aromatic heterocycles. The van der Waals surface area contributed by atoms with Crippen molar-refractivity contribution < 1.29 is 4.39 Å². The van der Waals surface area contributed by atoms with Gasteiger partial charge in [0.05, 0.1) is 16.8 Å². The Morgan fingerprint density at radius 2 is 1.71 bits per heavy atom. The van der Waals surface area contributed by atoms with Crippen LogP contribution in [-0.2, 0) is 0 Å². The summed E-state index contributed by atoms with van der Waals surface area (Å²) in [5, 5.41) is 9.42. The molecule has 0 amide bonds. The molecule has 5 heteroatoms. The van der Waals surface area contributed by atoms with Gasteiger partial charge < -0.3 is 4.57 Å². The first-order valence-corrected chi connectivity index (χ1v) is 7.35. The fourth-order valence-electron chi connectivity index (χ4n) is 2.75. The number of nitriles is 1. The van der Waals surface area contributed by atoms with Gasteiger partial charge in [-0.3, -0.25) is 0 Å². The largest absolute Gasteiger partial charge is 0.312 e. The average Bonchev–Trinajstić information content (AvgIpc) is 3.02. The zero-order valence-corrected chi connectivity index (χ0v) is 12.5. The summed E-state index contributed by atoms with van der Waals surface area (Å²) in [6.07, 6.45) is 3.17. The fraction of sp³-hybridized carbons (Fsp3) is 0. The van der Waals surface area contributed by atoms with Gasteiger partial charge in [-0.2, -0.15) is 5.26 Å². The van der Waals surface area contributed by atoms with Crippen LogP contribution in [0.3, 0.4) is 0 Å². The van der Waals surface area contributed by atoms with E-state index in [9.17, 15) is 9.65 Å². The molecule has 0 aliphatic carbocycles. The van der Waals surface area contributed by atoms with Gasteiger partial charge in [0.1, 0.15) is 23.7 Å². The van der Waals surface area contributed by atoms with Crippen LogP contribution in [0.15, 0.2) is 67.1 Å². The molecule has 0 spiro atoms. The van der Waals surface area contributed by atoms with Crippen molar-refractivity contribution >= 4 is 11.0 Å². The second-order valence-electron chi connectivity index (χ2n) is 5.29. The van der Waals surface area contributed by atoms with Gasteiger partial charge in [-0.15, -0.1) is 0 Å². The second-order valence-corrected chi connectivity index (χ2v) is 5.29. The lowest BCUT2D eigenvalue weighted by Gasteiger charge is -2.09. The van der Waals surface area contributed by atoms with Gasteiger partial charge in [-0.05, 0) is 24.3 Å². The van der Waals surface area contributed by atoms with Crippen LogP contribution in [-0.4, -0.2) is 14.5 Å². The minimum Gasteiger partial charge on any atom is -0.312 e. The number of aromatic nitrogens is 3. The summed E-state index contributed by atoms with van der Waals surface area (Å²) in [7, 11) is 0. The third-order valence-electron chi connectivity index (χ3n) is 3.85. The number of hydrogen-bond acceptors (Lipinski definition) is 3. The summed E-state index contributed by atoms with van der Waals surface area (Å²) in [5.41, 5.74) is 4.16. The van der Waals surface area contributed by atoms with Gasteiger partial charge in [-0.25, -0.2) is 14.4 Å². The molecule has 4 aromatic rings. The summed E-state index contributed by atoms with van der Waals surface area (Å²) in [5.74, 6) is -0.310. The molecule has 0 bridgehead atoms. The van der Waals surface area contributed by atoms with Crippen LogP contribution in [0.2, 0.25) is 0 Å². The lowest BCUT2D eigenvalue weighted by atomic mass is 10.1. The van der Waals surface area contributed by atoms with Crippen molar-refractivity contribution in [1.29, 1.82) is 5.26 Å². The highest BCUT2D eigenvalue weighted by Gasteiger charge is 2.16. The fourth-order valence-corrected chi connectivity index (χ4v) is 2.75. The predicted molar refractivity (Wildman–Crippen MR) is 89.0 cm³/mol. The molecular formula is C19H11FN4. The Balaban J connectivity index is 2.07. The maximum atomic E-state index is 13.2. The van der Waals surface area contributed by atoms with Crippen molar-refractivity contribution in [1.82, 2.24) is 14.5 Å². The van der Waals surface area contributed by atoms with Gasteiger partial charge in [0.25, 0.3) is 0 Å². The lowest BCUT2D eigenvalue weighted by Crippen LogP contribution is -1.96. The molecule has 4 nitrogen and oxygen atoms in total. The number of benzene rings is 2. The van der Waals surface area contributed by atoms with E-state index in [2.05, 4.69) is 16.0 Å². The maximum Gasteiger partial charge on any atom is 0.123 e. The quantitative estimate of drug-likeness (QED) is 0.560. The molecule has 2 aromatic carbocycles. The van der Waals surface area contributed by atoms with E-state index < -0.39 is 0 Å². The first-order chi connectivity index (χ1) is 11.8. The van der Waals surface area contributed by atoms with Crippen LogP contribution in [0.5, 0.6) is 0 Å². The number of rotatable bonds is 2. The third kappa shape index (κ3) is 2.22. The molecule has 0 unspecified atom stereocenters. The molecule has 0 aliphatic rings. The van der Waals surface area contributed by atoms with E-state index in [0.717, 1.165) is 22.5 Å². The molecule has 2 heterocycles. The molecular weight excluding hydrogens is 303 g/mol. The summed E-state index contributed by atoms with van der Waals surface area (Å²) < 4.78 is 15.1. The molecule has 24 heavy (non-hydrogen) atoms. The zero-order chi connectivity index (χ0) is 16.5. The Kier molecular flexibility index (Phi) is 3.29. The van der Waals surface area contributed by atoms with E-state index in [1.54, 1.807) is 18.3 Å². The Hall–Kier alpha value is -3.52. The van der Waals surface area contributed by atoms with Crippen LogP contribution < -0.4 is 0 Å². The minimum absolute atomic E-state index is 0.310. The highest BCUT2D eigenvalue weighted by Crippen LogP contribution is 2.30. The van der Waals surface area contributed by atoms with Crippen molar-refractivity contribution in [3.63, 3.8) is 0 Å². The lowest BCUT2D eigenvalue weighted by molar-refractivity contribution is 0.627. The van der Waals surface area contributed by atoms with Crippen molar-refractivity contribution in [3.05, 3.63) is 78.5 Å². The predicted octanol–water partition coefficient (Wildman–Crippen LogP) is 4.10. The van der Waals surface area contributed by atoms with Crippen molar-refractivity contribution in [2.45, 2.75) is 0 Å². The van der Waals surface area contributed by atoms with E-state index in [0.29, 0.717) is 11.1 Å². The standard InChI is InChI=1S/C19H11FN4/c20-15-6-8-16(9-7-15)24-11-14(10-21)18-19(24)17(22-12-23-18)13-4-2-1-3-5-13/h1-9,11-12H. The minimum atomic E-state index is -0.310. The summed E-state index contributed by atoms with van der Waals surface area (Å²) in [6.45, 7) is 0. The van der Waals surface area contributed by atoms with E-state index in [1.165, 1.54) is 18.5 Å². The number of halogens is 1. The monoisotopic (exact) mass is 314 g/mol. The molecule has 0 aliphatic heterocycles. The van der Waals surface area contributed by atoms with Crippen LogP contribution >= 0.6 is 0 Å². The molecule has 0 N–H and O–H groups in total. The summed E-state index contributed by atoms with van der Waals surface area (Å²) in [4.78, 5) is 8.69. The highest BCUT2D eigenvalue weighted by molar-refractivity contribution is 5.94. The molecule has 0 fully saturated rings. The van der Waals surface area contributed by atoms with Crippen molar-refractivity contribution in [3.8, 4) is 23.0 Å². The molecule has 0 atom stereocenters. The molecule has 0 saturated heterocycles. The van der Waals surface area contributed by atoms with Crippen LogP contribution in [0.1, 0.15) is 5.56 Å². The van der Waals surface area contributed by atoms with Crippen molar-refractivity contribution in [2.75, 3.05) is 0 Å². The zero-order valence-electron chi connectivity index (χ0n) is 12.5. The first kappa shape index (κ1) is 14.1. The van der Waals surface area contributed by atoms with E-state index in [1.807, 2.05) is 34.9 Å². The van der Waals surface area contributed by atoms with Crippen LogP contribution in [0, 0.1) is 17.1 Å². The molecule has 4 rings (SSSR count). The molecule has 0 radical (unpaired) electrons. The molecule has 0 saturated carbocycles. The van der Waals surface area contributed by atoms with Gasteiger partial charge in [0.15, 0.2) is 0 Å². The van der Waals surface area contributed by atoms with Crippen LogP contribution in [0.4, 0.5) is 4.39 Å². The Bertz CT molecular complexity index is 1060.